The van der Waals surface area contributed by atoms with Gasteiger partial charge in [0.2, 0.25) is 17.7 Å². The zero-order chi connectivity index (χ0) is 28.8. The maximum atomic E-state index is 14.7. The van der Waals surface area contributed by atoms with Crippen LogP contribution in [0.1, 0.15) is 67.7 Å². The first-order valence-corrected chi connectivity index (χ1v) is 13.9. The second kappa shape index (κ2) is 10.4. The van der Waals surface area contributed by atoms with E-state index in [0.29, 0.717) is 25.9 Å². The van der Waals surface area contributed by atoms with Gasteiger partial charge in [-0.3, -0.25) is 14.4 Å². The number of rotatable bonds is 11. The molecule has 3 saturated heterocycles. The Labute approximate surface area is 229 Å². The van der Waals surface area contributed by atoms with Crippen molar-refractivity contribution in [1.82, 2.24) is 14.7 Å². The number of nitrogens with zero attached hydrogens (tertiary/aromatic N) is 3. The van der Waals surface area contributed by atoms with E-state index in [1.165, 1.54) is 0 Å². The summed E-state index contributed by atoms with van der Waals surface area (Å²) in [7, 11) is 1.71. The lowest BCUT2D eigenvalue weighted by atomic mass is 9.62. The highest BCUT2D eigenvalue weighted by Crippen LogP contribution is 2.65. The number of likely N-dealkylation sites (N-methyl/N-ethyl adjacent to an activating group) is 1. The highest BCUT2D eigenvalue weighted by molar-refractivity contribution is 5.99. The Morgan fingerprint density at radius 2 is 1.76 bits per heavy atom. The number of amides is 3. The molecule has 0 saturated carbocycles. The summed E-state index contributed by atoms with van der Waals surface area (Å²) in [5.41, 5.74) is -2.53. The van der Waals surface area contributed by atoms with Crippen LogP contribution in [0.2, 0.25) is 0 Å². The zero-order valence-electron chi connectivity index (χ0n) is 24.7. The first-order valence-electron chi connectivity index (χ1n) is 13.9. The van der Waals surface area contributed by atoms with E-state index in [9.17, 15) is 19.5 Å². The summed E-state index contributed by atoms with van der Waals surface area (Å²) in [6.45, 7) is 23.0. The van der Waals surface area contributed by atoms with Gasteiger partial charge in [-0.15, -0.1) is 13.2 Å². The molecule has 0 aromatic rings. The number of carbonyl (C=O) groups excluding carboxylic acids is 3. The third-order valence-electron chi connectivity index (χ3n) is 8.92. The zero-order valence-corrected chi connectivity index (χ0v) is 24.7. The van der Waals surface area contributed by atoms with Crippen molar-refractivity contribution >= 4 is 17.7 Å². The van der Waals surface area contributed by atoms with Crippen molar-refractivity contribution in [3.05, 3.63) is 25.3 Å². The molecule has 2 bridgehead atoms. The summed E-state index contributed by atoms with van der Waals surface area (Å²) in [5, 5.41) is 9.63. The molecule has 3 rings (SSSR count). The van der Waals surface area contributed by atoms with Gasteiger partial charge < -0.3 is 24.5 Å². The topological polar surface area (TPSA) is 90.4 Å². The lowest BCUT2D eigenvalue weighted by molar-refractivity contribution is -0.157. The van der Waals surface area contributed by atoms with E-state index in [1.54, 1.807) is 29.0 Å². The van der Waals surface area contributed by atoms with Gasteiger partial charge in [-0.1, -0.05) is 39.8 Å². The minimum absolute atomic E-state index is 0.0267. The molecule has 0 aliphatic carbocycles. The average Bonchev–Trinajstić information content (AvgIpc) is 3.30. The minimum Gasteiger partial charge on any atom is -0.396 e. The first kappa shape index (κ1) is 30.4. The number of aliphatic hydroxyl groups excluding tert-OH is 1. The number of ether oxygens (including phenoxy) is 1. The Balaban J connectivity index is 2.15. The second-order valence-corrected chi connectivity index (χ2v) is 13.6. The van der Waals surface area contributed by atoms with E-state index in [-0.39, 0.29) is 42.2 Å². The number of carbonyl (C=O) groups is 3. The standard InChI is InChI=1S/C30H49N3O5/c1-11-14-31(10)24(35)21-22-25(36)32(16-13-17-34)23(30(22)18-20(3)29(21,9)38-30)26(37)33(15-12-2)28(7,8)19-27(4,5)6/h11-12,20-23,34H,1-2,13-19H2,3-10H3/t20?,21-,22-,23?,29+,30?/m0/s1. The molecule has 38 heavy (non-hydrogen) atoms. The van der Waals surface area contributed by atoms with Crippen LogP contribution in [0, 0.1) is 23.2 Å². The van der Waals surface area contributed by atoms with Crippen molar-refractivity contribution in [2.45, 2.75) is 90.5 Å². The van der Waals surface area contributed by atoms with E-state index in [1.807, 2.05) is 18.7 Å². The fraction of sp³-hybridized carbons (Fsp3) is 0.767. The third-order valence-corrected chi connectivity index (χ3v) is 8.92. The highest BCUT2D eigenvalue weighted by Gasteiger charge is 2.80. The lowest BCUT2D eigenvalue weighted by Crippen LogP contribution is -2.61. The van der Waals surface area contributed by atoms with E-state index >= 15 is 0 Å². The summed E-state index contributed by atoms with van der Waals surface area (Å²) in [5.74, 6) is -2.06. The lowest BCUT2D eigenvalue weighted by Gasteiger charge is -2.45. The molecule has 8 heteroatoms. The average molecular weight is 532 g/mol. The largest absolute Gasteiger partial charge is 0.396 e. The van der Waals surface area contributed by atoms with Crippen LogP contribution in [0.4, 0.5) is 0 Å². The molecule has 1 spiro atoms. The maximum absolute atomic E-state index is 14.7. The Bertz CT molecular complexity index is 971. The highest BCUT2D eigenvalue weighted by atomic mass is 16.5. The quantitative estimate of drug-likeness (QED) is 0.414. The number of fused-ring (bicyclic) bond motifs is 1. The molecule has 6 atom stereocenters. The summed E-state index contributed by atoms with van der Waals surface area (Å²) in [4.78, 5) is 47.6. The normalized spacial score (nSPS) is 32.3. The van der Waals surface area contributed by atoms with Crippen LogP contribution in [0.25, 0.3) is 0 Å². The SMILES string of the molecule is C=CCN(C)C(=O)[C@@H]1[C@H]2C(=O)N(CCCO)C(C(=O)N(CC=C)C(C)(C)CC(C)(C)C)C23CC(C)[C@@]1(C)O3. The molecule has 3 amide bonds. The molecule has 8 nitrogen and oxygen atoms in total. The molecule has 3 fully saturated rings. The number of aliphatic hydroxyl groups is 1. The molecule has 0 aromatic carbocycles. The predicted molar refractivity (Wildman–Crippen MR) is 148 cm³/mol. The van der Waals surface area contributed by atoms with Crippen LogP contribution in [0.5, 0.6) is 0 Å². The number of hydrogen-bond donors (Lipinski definition) is 1. The van der Waals surface area contributed by atoms with Gasteiger partial charge in [-0.05, 0) is 51.4 Å². The van der Waals surface area contributed by atoms with Crippen LogP contribution in [0.3, 0.4) is 0 Å². The molecule has 0 aromatic heterocycles. The monoisotopic (exact) mass is 531 g/mol. The second-order valence-electron chi connectivity index (χ2n) is 13.6. The van der Waals surface area contributed by atoms with Gasteiger partial charge in [-0.25, -0.2) is 0 Å². The van der Waals surface area contributed by atoms with Gasteiger partial charge in [0.25, 0.3) is 0 Å². The Morgan fingerprint density at radius 3 is 2.29 bits per heavy atom. The molecule has 3 heterocycles. The van der Waals surface area contributed by atoms with Crippen LogP contribution in [0.15, 0.2) is 25.3 Å². The molecule has 0 radical (unpaired) electrons. The molecule has 3 unspecified atom stereocenters. The van der Waals surface area contributed by atoms with Crippen molar-refractivity contribution in [2.75, 3.05) is 33.3 Å². The van der Waals surface area contributed by atoms with E-state index in [4.69, 9.17) is 4.74 Å². The van der Waals surface area contributed by atoms with Gasteiger partial charge in [-0.2, -0.15) is 0 Å². The van der Waals surface area contributed by atoms with Crippen molar-refractivity contribution in [3.8, 4) is 0 Å². The Hall–Kier alpha value is -2.19. The van der Waals surface area contributed by atoms with Gasteiger partial charge in [0.15, 0.2) is 0 Å². The van der Waals surface area contributed by atoms with Crippen LogP contribution >= 0.6 is 0 Å². The van der Waals surface area contributed by atoms with Gasteiger partial charge >= 0.3 is 0 Å². The fourth-order valence-corrected chi connectivity index (χ4v) is 7.70. The minimum atomic E-state index is -1.11. The van der Waals surface area contributed by atoms with Crippen LogP contribution < -0.4 is 0 Å². The molecule has 3 aliphatic rings. The molecule has 1 N–H and O–H groups in total. The molecule has 3 aliphatic heterocycles. The summed E-state index contributed by atoms with van der Waals surface area (Å²) in [6.07, 6.45) is 4.99. The van der Waals surface area contributed by atoms with Crippen molar-refractivity contribution in [3.63, 3.8) is 0 Å². The molecule has 214 valence electrons. The summed E-state index contributed by atoms with van der Waals surface area (Å²) >= 11 is 0. The molecular weight excluding hydrogens is 482 g/mol. The smallest absolute Gasteiger partial charge is 0.249 e. The number of likely N-dealkylation sites (tertiary alicyclic amines) is 1. The maximum Gasteiger partial charge on any atom is 0.249 e. The summed E-state index contributed by atoms with van der Waals surface area (Å²) < 4.78 is 6.83. The number of hydrogen-bond acceptors (Lipinski definition) is 5. The van der Waals surface area contributed by atoms with Gasteiger partial charge in [0, 0.05) is 38.8 Å². The van der Waals surface area contributed by atoms with Crippen LogP contribution in [-0.2, 0) is 19.1 Å². The van der Waals surface area contributed by atoms with Crippen molar-refractivity contribution in [2.24, 2.45) is 23.2 Å². The fourth-order valence-electron chi connectivity index (χ4n) is 7.70. The van der Waals surface area contributed by atoms with Gasteiger partial charge in [0.05, 0.1) is 17.4 Å². The van der Waals surface area contributed by atoms with Crippen molar-refractivity contribution in [1.29, 1.82) is 0 Å². The van der Waals surface area contributed by atoms with Crippen molar-refractivity contribution < 1.29 is 24.2 Å². The third kappa shape index (κ3) is 4.83. The van der Waals surface area contributed by atoms with E-state index in [0.717, 1.165) is 6.42 Å². The van der Waals surface area contributed by atoms with Gasteiger partial charge in [0.1, 0.15) is 11.6 Å². The predicted octanol–water partition coefficient (Wildman–Crippen LogP) is 3.25. The van der Waals surface area contributed by atoms with E-state index < -0.39 is 34.6 Å². The van der Waals surface area contributed by atoms with Crippen LogP contribution in [-0.4, -0.2) is 93.6 Å². The Kier molecular flexibility index (Phi) is 8.32. The first-order chi connectivity index (χ1) is 17.5. The van der Waals surface area contributed by atoms with E-state index in [2.05, 4.69) is 47.8 Å². The summed E-state index contributed by atoms with van der Waals surface area (Å²) in [6, 6.07) is -0.877. The Morgan fingerprint density at radius 1 is 1.16 bits per heavy atom. The molecular formula is C30H49N3O5.